The number of nitrogens with zero attached hydrogens (tertiary/aromatic N) is 3. The summed E-state index contributed by atoms with van der Waals surface area (Å²) in [4.78, 5) is 17.1. The Morgan fingerprint density at radius 3 is 2.47 bits per heavy atom. The van der Waals surface area contributed by atoms with Crippen molar-refractivity contribution in [2.45, 2.75) is 43.2 Å². The average molecular weight is 524 g/mol. The zero-order valence-corrected chi connectivity index (χ0v) is 20.2. The van der Waals surface area contributed by atoms with E-state index in [4.69, 9.17) is 9.52 Å². The molecule has 1 atom stereocenters. The Balaban J connectivity index is 1.73. The molecular formula is C23H21F4N5O3S. The first-order valence-electron chi connectivity index (χ1n) is 10.6. The van der Waals surface area contributed by atoms with Crippen molar-refractivity contribution < 1.29 is 31.3 Å². The van der Waals surface area contributed by atoms with E-state index in [0.717, 1.165) is 19.8 Å². The smallest absolute Gasteiger partial charge is 0.432 e. The second-order valence-corrected chi connectivity index (χ2v) is 11.0. The SMILES string of the molecule is Cc1c(C(F)(F)F)nnc(Oc2ccc(C3(C)CC3)nc2F)c1C(=O)Nc1cccc(S(C)(=N)=O)c1. The highest BCUT2D eigenvalue weighted by molar-refractivity contribution is 7.91. The maximum Gasteiger partial charge on any atom is 0.435 e. The highest BCUT2D eigenvalue weighted by Crippen LogP contribution is 2.47. The highest BCUT2D eigenvalue weighted by atomic mass is 32.2. The minimum absolute atomic E-state index is 0.0740. The maximum atomic E-state index is 14.7. The van der Waals surface area contributed by atoms with Gasteiger partial charge < -0.3 is 10.1 Å². The molecule has 36 heavy (non-hydrogen) atoms. The van der Waals surface area contributed by atoms with Crippen molar-refractivity contribution in [3.63, 3.8) is 0 Å². The molecule has 2 aromatic heterocycles. The minimum Gasteiger partial charge on any atom is -0.432 e. The number of pyridine rings is 1. The standard InChI is InChI=1S/C23H21F4N5O3S/c1-12-17(20(33)29-13-5-4-6-14(11-13)36(3,28)34)21(32-31-18(12)23(25,26)27)35-15-7-8-16(30-19(15)24)22(2)9-10-22/h4-8,11,28H,9-10H2,1-3H3,(H,29,33). The van der Waals surface area contributed by atoms with Crippen LogP contribution >= 0.6 is 0 Å². The summed E-state index contributed by atoms with van der Waals surface area (Å²) >= 11 is 0. The van der Waals surface area contributed by atoms with Gasteiger partial charge in [0, 0.05) is 27.9 Å². The minimum atomic E-state index is -4.92. The molecule has 0 saturated heterocycles. The van der Waals surface area contributed by atoms with Crippen molar-refractivity contribution >= 4 is 21.3 Å². The fourth-order valence-electron chi connectivity index (χ4n) is 3.50. The molecule has 3 aromatic rings. The van der Waals surface area contributed by atoms with Gasteiger partial charge in [-0.05, 0) is 55.7 Å². The quantitative estimate of drug-likeness (QED) is 0.327. The fourth-order valence-corrected chi connectivity index (χ4v) is 4.19. The Morgan fingerprint density at radius 1 is 1.19 bits per heavy atom. The number of ether oxygens (including phenoxy) is 1. The molecule has 0 aliphatic heterocycles. The first-order chi connectivity index (χ1) is 16.7. The molecular weight excluding hydrogens is 502 g/mol. The molecule has 1 aliphatic rings. The zero-order chi connectivity index (χ0) is 26.5. The van der Waals surface area contributed by atoms with E-state index in [9.17, 15) is 26.6 Å². The summed E-state index contributed by atoms with van der Waals surface area (Å²) in [6.45, 7) is 2.94. The summed E-state index contributed by atoms with van der Waals surface area (Å²) in [5, 5.41) is 8.97. The third kappa shape index (κ3) is 5.15. The molecule has 1 fully saturated rings. The Morgan fingerprint density at radius 2 is 1.89 bits per heavy atom. The topological polar surface area (TPSA) is 118 Å². The highest BCUT2D eigenvalue weighted by Gasteiger charge is 2.41. The van der Waals surface area contributed by atoms with Gasteiger partial charge in [-0.1, -0.05) is 13.0 Å². The van der Waals surface area contributed by atoms with Crippen LogP contribution in [0.15, 0.2) is 41.3 Å². The second-order valence-electron chi connectivity index (χ2n) is 8.83. The number of benzene rings is 1. The predicted octanol–water partition coefficient (Wildman–Crippen LogP) is 5.47. The lowest BCUT2D eigenvalue weighted by Crippen LogP contribution is -2.21. The van der Waals surface area contributed by atoms with Crippen LogP contribution in [-0.2, 0) is 21.3 Å². The molecule has 2 N–H and O–H groups in total. The Labute approximate surface area is 204 Å². The largest absolute Gasteiger partial charge is 0.435 e. The third-order valence-corrected chi connectivity index (χ3v) is 7.02. The predicted molar refractivity (Wildman–Crippen MR) is 122 cm³/mol. The Kier molecular flexibility index (Phi) is 6.23. The van der Waals surface area contributed by atoms with Crippen LogP contribution < -0.4 is 10.1 Å². The summed E-state index contributed by atoms with van der Waals surface area (Å²) in [5.74, 6) is -3.15. The molecule has 8 nitrogen and oxygen atoms in total. The first-order valence-corrected chi connectivity index (χ1v) is 12.6. The van der Waals surface area contributed by atoms with Crippen molar-refractivity contribution in [2.24, 2.45) is 0 Å². The monoisotopic (exact) mass is 523 g/mol. The van der Waals surface area contributed by atoms with Crippen molar-refractivity contribution in [3.05, 3.63) is 64.9 Å². The molecule has 190 valence electrons. The van der Waals surface area contributed by atoms with Crippen LogP contribution in [0.5, 0.6) is 11.6 Å². The number of carbonyl (C=O) groups excluding carboxylic acids is 1. The summed E-state index contributed by atoms with van der Waals surface area (Å²) in [5.41, 5.74) is -2.26. The van der Waals surface area contributed by atoms with Crippen LogP contribution in [0.2, 0.25) is 0 Å². The number of nitrogens with one attached hydrogen (secondary N) is 2. The van der Waals surface area contributed by atoms with Crippen LogP contribution in [0.1, 0.15) is 47.1 Å². The van der Waals surface area contributed by atoms with Gasteiger partial charge in [0.05, 0.1) is 9.73 Å². The van der Waals surface area contributed by atoms with Crippen molar-refractivity contribution in [2.75, 3.05) is 11.6 Å². The molecule has 0 bridgehead atoms. The number of alkyl halides is 3. The normalized spacial score (nSPS) is 16.2. The number of amides is 1. The van der Waals surface area contributed by atoms with Gasteiger partial charge in [0.2, 0.25) is 0 Å². The molecule has 1 amide bonds. The lowest BCUT2D eigenvalue weighted by atomic mass is 10.1. The third-order valence-electron chi connectivity index (χ3n) is 5.86. The van der Waals surface area contributed by atoms with Gasteiger partial charge in [-0.3, -0.25) is 4.79 Å². The van der Waals surface area contributed by atoms with Gasteiger partial charge in [-0.2, -0.15) is 17.6 Å². The Bertz CT molecular complexity index is 1470. The van der Waals surface area contributed by atoms with E-state index in [2.05, 4.69) is 20.5 Å². The van der Waals surface area contributed by atoms with Gasteiger partial charge in [-0.25, -0.2) is 14.0 Å². The Hall–Kier alpha value is -3.61. The summed E-state index contributed by atoms with van der Waals surface area (Å²) in [6, 6.07) is 8.34. The molecule has 1 aliphatic carbocycles. The molecule has 1 saturated carbocycles. The van der Waals surface area contributed by atoms with Gasteiger partial charge in [0.25, 0.3) is 17.7 Å². The fraction of sp³-hybridized carbons (Fsp3) is 0.304. The number of hydrogen-bond donors (Lipinski definition) is 2. The summed E-state index contributed by atoms with van der Waals surface area (Å²) in [6.07, 6.45) is -2.04. The summed E-state index contributed by atoms with van der Waals surface area (Å²) < 4.78 is 80.3. The molecule has 13 heteroatoms. The molecule has 0 radical (unpaired) electrons. The molecule has 0 spiro atoms. The average Bonchev–Trinajstić information content (AvgIpc) is 3.52. The summed E-state index contributed by atoms with van der Waals surface area (Å²) in [7, 11) is -3.12. The molecule has 1 unspecified atom stereocenters. The number of aromatic nitrogens is 3. The van der Waals surface area contributed by atoms with Crippen molar-refractivity contribution in [1.82, 2.24) is 15.2 Å². The first kappa shape index (κ1) is 25.5. The van der Waals surface area contributed by atoms with E-state index in [1.54, 1.807) is 6.07 Å². The zero-order valence-electron chi connectivity index (χ0n) is 19.4. The van der Waals surface area contributed by atoms with Crippen LogP contribution in [0, 0.1) is 17.7 Å². The second kappa shape index (κ2) is 8.80. The lowest BCUT2D eigenvalue weighted by Gasteiger charge is -2.16. The van der Waals surface area contributed by atoms with E-state index in [1.165, 1.54) is 36.6 Å². The number of rotatable bonds is 6. The molecule has 4 rings (SSSR count). The van der Waals surface area contributed by atoms with Gasteiger partial charge >= 0.3 is 6.18 Å². The van der Waals surface area contributed by atoms with Crippen LogP contribution in [0.3, 0.4) is 0 Å². The van der Waals surface area contributed by atoms with Crippen molar-refractivity contribution in [1.29, 1.82) is 4.78 Å². The molecule has 2 heterocycles. The lowest BCUT2D eigenvalue weighted by molar-refractivity contribution is -0.142. The van der Waals surface area contributed by atoms with Crippen LogP contribution in [0.25, 0.3) is 0 Å². The van der Waals surface area contributed by atoms with Gasteiger partial charge in [0.1, 0.15) is 5.56 Å². The van der Waals surface area contributed by atoms with Gasteiger partial charge in [0.15, 0.2) is 11.4 Å². The molecule has 1 aromatic carbocycles. The number of anilines is 1. The number of hydrogen-bond acceptors (Lipinski definition) is 7. The maximum absolute atomic E-state index is 14.7. The number of carbonyl (C=O) groups is 1. The van der Waals surface area contributed by atoms with E-state index in [-0.39, 0.29) is 16.0 Å². The number of halogens is 4. The van der Waals surface area contributed by atoms with E-state index in [1.807, 2.05) is 6.92 Å². The van der Waals surface area contributed by atoms with Crippen LogP contribution in [-0.4, -0.2) is 31.6 Å². The van der Waals surface area contributed by atoms with E-state index < -0.39 is 56.2 Å². The van der Waals surface area contributed by atoms with Crippen LogP contribution in [0.4, 0.5) is 23.2 Å². The van der Waals surface area contributed by atoms with Crippen molar-refractivity contribution in [3.8, 4) is 11.6 Å². The van der Waals surface area contributed by atoms with E-state index in [0.29, 0.717) is 5.69 Å². The van der Waals surface area contributed by atoms with E-state index >= 15 is 0 Å². The van der Waals surface area contributed by atoms with Gasteiger partial charge in [-0.15, -0.1) is 10.2 Å².